The zero-order valence-corrected chi connectivity index (χ0v) is 13.7. The van der Waals surface area contributed by atoms with Crippen LogP contribution in [-0.2, 0) is 16.0 Å². The average Bonchev–Trinajstić information content (AvgIpc) is 2.88. The second-order valence-electron chi connectivity index (χ2n) is 5.80. The topological polar surface area (TPSA) is 74.7 Å². The number of nitrogens with one attached hydrogen (secondary N) is 1. The van der Waals surface area contributed by atoms with Gasteiger partial charge >= 0.3 is 0 Å². The normalized spacial score (nSPS) is 21.4. The van der Waals surface area contributed by atoms with Gasteiger partial charge in [-0.2, -0.15) is 5.10 Å². The van der Waals surface area contributed by atoms with Gasteiger partial charge in [-0.3, -0.25) is 9.59 Å². The number of hydrogen-bond acceptors (Lipinski definition) is 5. The number of aromatic nitrogens is 1. The third-order valence-electron chi connectivity index (χ3n) is 4.16. The highest BCUT2D eigenvalue weighted by molar-refractivity contribution is 7.11. The Morgan fingerprint density at radius 1 is 1.41 bits per heavy atom. The smallest absolute Gasteiger partial charge is 0.267 e. The highest BCUT2D eigenvalue weighted by Gasteiger charge is 2.26. The molecule has 1 aliphatic carbocycles. The van der Waals surface area contributed by atoms with Crippen LogP contribution in [0, 0.1) is 6.92 Å². The van der Waals surface area contributed by atoms with Crippen LogP contribution in [0.1, 0.15) is 47.2 Å². The van der Waals surface area contributed by atoms with Crippen molar-refractivity contribution in [3.63, 3.8) is 0 Å². The SMILES string of the molecule is Cc1nc2c(s1)CCC[C@H]2CNC(=O)C1=NN(C)C(=O)CC1. The van der Waals surface area contributed by atoms with Crippen molar-refractivity contribution >= 4 is 28.9 Å². The summed E-state index contributed by atoms with van der Waals surface area (Å²) in [5.74, 6) is 0.0750. The molecule has 0 spiro atoms. The first-order valence-corrected chi connectivity index (χ1v) is 8.44. The summed E-state index contributed by atoms with van der Waals surface area (Å²) in [5, 5.41) is 9.36. The van der Waals surface area contributed by atoms with Crippen LogP contribution in [0.15, 0.2) is 5.10 Å². The molecule has 0 saturated carbocycles. The number of nitrogens with zero attached hydrogens (tertiary/aromatic N) is 3. The van der Waals surface area contributed by atoms with Crippen LogP contribution in [0.25, 0.3) is 0 Å². The van der Waals surface area contributed by atoms with Crippen molar-refractivity contribution < 1.29 is 9.59 Å². The predicted octanol–water partition coefficient (Wildman–Crippen LogP) is 1.60. The summed E-state index contributed by atoms with van der Waals surface area (Å²) in [6, 6.07) is 0. The lowest BCUT2D eigenvalue weighted by Gasteiger charge is -2.23. The summed E-state index contributed by atoms with van der Waals surface area (Å²) in [4.78, 5) is 29.6. The molecule has 1 aliphatic heterocycles. The van der Waals surface area contributed by atoms with Gasteiger partial charge in [-0.05, 0) is 26.2 Å². The third-order valence-corrected chi connectivity index (χ3v) is 5.20. The highest BCUT2D eigenvalue weighted by atomic mass is 32.1. The van der Waals surface area contributed by atoms with Gasteiger partial charge in [-0.15, -0.1) is 11.3 Å². The first-order valence-electron chi connectivity index (χ1n) is 7.63. The van der Waals surface area contributed by atoms with Crippen molar-refractivity contribution in [2.24, 2.45) is 5.10 Å². The van der Waals surface area contributed by atoms with E-state index in [1.165, 1.54) is 9.89 Å². The van der Waals surface area contributed by atoms with E-state index in [2.05, 4.69) is 15.4 Å². The summed E-state index contributed by atoms with van der Waals surface area (Å²) < 4.78 is 0. The number of amides is 2. The highest BCUT2D eigenvalue weighted by Crippen LogP contribution is 2.34. The van der Waals surface area contributed by atoms with E-state index in [4.69, 9.17) is 0 Å². The zero-order valence-electron chi connectivity index (χ0n) is 12.9. The Hall–Kier alpha value is -1.76. The van der Waals surface area contributed by atoms with Crippen LogP contribution in [0.3, 0.4) is 0 Å². The minimum atomic E-state index is -0.168. The van der Waals surface area contributed by atoms with E-state index < -0.39 is 0 Å². The molecule has 0 saturated heterocycles. The number of rotatable bonds is 3. The van der Waals surface area contributed by atoms with Gasteiger partial charge in [0.1, 0.15) is 5.71 Å². The number of carbonyl (C=O) groups excluding carboxylic acids is 2. The number of carbonyl (C=O) groups is 2. The molecular weight excluding hydrogens is 300 g/mol. The molecule has 22 heavy (non-hydrogen) atoms. The molecule has 2 heterocycles. The molecule has 3 rings (SSSR count). The van der Waals surface area contributed by atoms with Crippen molar-refractivity contribution in [3.05, 3.63) is 15.6 Å². The van der Waals surface area contributed by atoms with Gasteiger partial charge in [-0.1, -0.05) is 0 Å². The van der Waals surface area contributed by atoms with Crippen molar-refractivity contribution in [1.82, 2.24) is 15.3 Å². The molecule has 1 aromatic rings. The molecule has 0 radical (unpaired) electrons. The summed E-state index contributed by atoms with van der Waals surface area (Å²) in [6.07, 6.45) is 4.07. The van der Waals surface area contributed by atoms with Gasteiger partial charge in [0.25, 0.3) is 5.91 Å². The van der Waals surface area contributed by atoms with E-state index in [0.717, 1.165) is 30.0 Å². The van der Waals surface area contributed by atoms with E-state index in [1.54, 1.807) is 18.4 Å². The van der Waals surface area contributed by atoms with Crippen molar-refractivity contribution in [2.45, 2.75) is 44.9 Å². The Morgan fingerprint density at radius 2 is 2.23 bits per heavy atom. The quantitative estimate of drug-likeness (QED) is 0.919. The van der Waals surface area contributed by atoms with Crippen LogP contribution in [-0.4, -0.2) is 41.1 Å². The Kier molecular flexibility index (Phi) is 4.24. The monoisotopic (exact) mass is 320 g/mol. The van der Waals surface area contributed by atoms with Crippen LogP contribution in [0.5, 0.6) is 0 Å². The van der Waals surface area contributed by atoms with Gasteiger partial charge in [-0.25, -0.2) is 9.99 Å². The Bertz CT molecular complexity index is 637. The summed E-state index contributed by atoms with van der Waals surface area (Å²) in [7, 11) is 1.58. The lowest BCUT2D eigenvalue weighted by Crippen LogP contribution is -2.39. The Morgan fingerprint density at radius 3 is 3.00 bits per heavy atom. The van der Waals surface area contributed by atoms with Gasteiger partial charge in [0, 0.05) is 37.2 Å². The van der Waals surface area contributed by atoms with Crippen molar-refractivity contribution in [1.29, 1.82) is 0 Å². The molecule has 0 unspecified atom stereocenters. The van der Waals surface area contributed by atoms with Crippen LogP contribution in [0.2, 0.25) is 0 Å². The molecule has 118 valence electrons. The Balaban J connectivity index is 1.62. The van der Waals surface area contributed by atoms with Crippen molar-refractivity contribution in [2.75, 3.05) is 13.6 Å². The fraction of sp³-hybridized carbons (Fsp3) is 0.600. The van der Waals surface area contributed by atoms with Crippen molar-refractivity contribution in [3.8, 4) is 0 Å². The average molecular weight is 320 g/mol. The van der Waals surface area contributed by atoms with E-state index in [9.17, 15) is 9.59 Å². The molecule has 2 aliphatic rings. The molecular formula is C15H20N4O2S. The molecule has 0 fully saturated rings. The maximum absolute atomic E-state index is 12.2. The van der Waals surface area contributed by atoms with E-state index >= 15 is 0 Å². The fourth-order valence-corrected chi connectivity index (χ4v) is 4.04. The molecule has 1 N–H and O–H groups in total. The standard InChI is InChI=1S/C15H20N4O2S/c1-9-17-14-10(4-3-5-12(14)22-9)8-16-15(21)11-6-7-13(20)19(2)18-11/h10H,3-8H2,1-2H3,(H,16,21)/t10-/m0/s1. The molecule has 0 aromatic carbocycles. The summed E-state index contributed by atoms with van der Waals surface area (Å²) >= 11 is 1.77. The lowest BCUT2D eigenvalue weighted by atomic mass is 9.91. The lowest BCUT2D eigenvalue weighted by molar-refractivity contribution is -0.130. The van der Waals surface area contributed by atoms with Gasteiger partial charge in [0.15, 0.2) is 0 Å². The van der Waals surface area contributed by atoms with E-state index in [0.29, 0.717) is 31.0 Å². The largest absolute Gasteiger partial charge is 0.350 e. The fourth-order valence-electron chi connectivity index (χ4n) is 2.98. The Labute approximate surface area is 133 Å². The summed E-state index contributed by atoms with van der Waals surface area (Å²) in [6.45, 7) is 2.62. The number of hydrazone groups is 1. The molecule has 6 nitrogen and oxygen atoms in total. The molecule has 1 atom stereocenters. The summed E-state index contributed by atoms with van der Waals surface area (Å²) in [5.41, 5.74) is 1.60. The zero-order chi connectivity index (χ0) is 15.7. The van der Waals surface area contributed by atoms with Crippen LogP contribution < -0.4 is 5.32 Å². The number of hydrogen-bond donors (Lipinski definition) is 1. The second kappa shape index (κ2) is 6.16. The molecule has 0 bridgehead atoms. The number of aryl methyl sites for hydroxylation is 2. The first-order chi connectivity index (χ1) is 10.5. The number of thiazole rings is 1. The first kappa shape index (κ1) is 15.1. The molecule has 2 amide bonds. The second-order valence-corrected chi connectivity index (χ2v) is 7.09. The third kappa shape index (κ3) is 3.04. The maximum atomic E-state index is 12.2. The number of fused-ring (bicyclic) bond motifs is 1. The molecule has 1 aromatic heterocycles. The van der Waals surface area contributed by atoms with Gasteiger partial charge < -0.3 is 5.32 Å². The molecule has 7 heteroatoms. The van der Waals surface area contributed by atoms with Gasteiger partial charge in [0.2, 0.25) is 5.91 Å². The van der Waals surface area contributed by atoms with Crippen LogP contribution in [0.4, 0.5) is 0 Å². The minimum Gasteiger partial charge on any atom is -0.350 e. The van der Waals surface area contributed by atoms with E-state index in [-0.39, 0.29) is 11.8 Å². The predicted molar refractivity (Wildman–Crippen MR) is 85.0 cm³/mol. The van der Waals surface area contributed by atoms with Gasteiger partial charge in [0.05, 0.1) is 10.7 Å². The maximum Gasteiger partial charge on any atom is 0.267 e. The minimum absolute atomic E-state index is 0.0496. The van der Waals surface area contributed by atoms with E-state index in [1.807, 2.05) is 6.92 Å². The van der Waals surface area contributed by atoms with Crippen LogP contribution >= 0.6 is 11.3 Å².